The zero-order valence-electron chi connectivity index (χ0n) is 10.6. The number of hydrogen-bond donors (Lipinski definition) is 1. The number of halogens is 1. The van der Waals surface area contributed by atoms with Crippen LogP contribution in [0.3, 0.4) is 0 Å². The number of rotatable bonds is 4. The second-order valence-electron chi connectivity index (χ2n) is 5.00. The smallest absolute Gasteiger partial charge is 0.127 e. The summed E-state index contributed by atoms with van der Waals surface area (Å²) in [6, 6.07) is 7.20. The van der Waals surface area contributed by atoms with Crippen LogP contribution in [0.4, 0.5) is 4.39 Å². The molecule has 0 spiro atoms. The minimum atomic E-state index is -0.101. The van der Waals surface area contributed by atoms with E-state index in [1.54, 1.807) is 6.07 Å². The predicted octanol–water partition coefficient (Wildman–Crippen LogP) is 2.43. The number of nitrogens with zero attached hydrogens (tertiary/aromatic N) is 1. The van der Waals surface area contributed by atoms with Gasteiger partial charge >= 0.3 is 0 Å². The van der Waals surface area contributed by atoms with Crippen LogP contribution in [0.25, 0.3) is 0 Å². The van der Waals surface area contributed by atoms with Crippen LogP contribution in [0.5, 0.6) is 0 Å². The molecule has 2 nitrogen and oxygen atoms in total. The van der Waals surface area contributed by atoms with Crippen molar-refractivity contribution in [1.82, 2.24) is 10.2 Å². The maximum absolute atomic E-state index is 13.7. The maximum atomic E-state index is 13.7. The minimum absolute atomic E-state index is 0.101. The van der Waals surface area contributed by atoms with Gasteiger partial charge in [-0.15, -0.1) is 0 Å². The third kappa shape index (κ3) is 3.05. The lowest BCUT2D eigenvalue weighted by molar-refractivity contribution is 0.222. The highest BCUT2D eigenvalue weighted by Gasteiger charge is 2.21. The monoisotopic (exact) mass is 236 g/mol. The molecule has 1 heterocycles. The standard InChI is InChI=1S/C14H21FN2/c1-11(13-5-3-4-6-14(13)15)17(2)10-12-7-8-16-9-12/h3-6,11-12,16H,7-10H2,1-2H3. The van der Waals surface area contributed by atoms with Crippen molar-refractivity contribution in [2.75, 3.05) is 26.7 Å². The molecule has 0 amide bonds. The molecule has 0 bridgehead atoms. The van der Waals surface area contributed by atoms with Gasteiger partial charge in [-0.2, -0.15) is 0 Å². The molecule has 1 aliphatic rings. The molecule has 1 saturated heterocycles. The molecule has 1 aromatic carbocycles. The first-order valence-electron chi connectivity index (χ1n) is 6.34. The van der Waals surface area contributed by atoms with Crippen LogP contribution in [0.1, 0.15) is 24.9 Å². The molecule has 0 aliphatic carbocycles. The van der Waals surface area contributed by atoms with Gasteiger partial charge in [-0.3, -0.25) is 4.90 Å². The normalized spacial score (nSPS) is 22.0. The van der Waals surface area contributed by atoms with Crippen molar-refractivity contribution < 1.29 is 4.39 Å². The van der Waals surface area contributed by atoms with E-state index in [0.29, 0.717) is 5.92 Å². The topological polar surface area (TPSA) is 15.3 Å². The van der Waals surface area contributed by atoms with Crippen LogP contribution in [0, 0.1) is 11.7 Å². The molecule has 1 N–H and O–H groups in total. The SMILES string of the molecule is CC(c1ccccc1F)N(C)CC1CCNC1. The molecule has 0 aromatic heterocycles. The van der Waals surface area contributed by atoms with Crippen molar-refractivity contribution in [3.05, 3.63) is 35.6 Å². The van der Waals surface area contributed by atoms with Crippen molar-refractivity contribution in [3.8, 4) is 0 Å². The molecular weight excluding hydrogens is 215 g/mol. The molecule has 1 aromatic rings. The van der Waals surface area contributed by atoms with Crippen molar-refractivity contribution >= 4 is 0 Å². The van der Waals surface area contributed by atoms with E-state index in [4.69, 9.17) is 0 Å². The van der Waals surface area contributed by atoms with Crippen molar-refractivity contribution in [2.24, 2.45) is 5.92 Å². The molecule has 2 atom stereocenters. The maximum Gasteiger partial charge on any atom is 0.127 e. The highest BCUT2D eigenvalue weighted by atomic mass is 19.1. The van der Waals surface area contributed by atoms with Crippen molar-refractivity contribution in [1.29, 1.82) is 0 Å². The molecular formula is C14H21FN2. The van der Waals surface area contributed by atoms with Crippen molar-refractivity contribution in [2.45, 2.75) is 19.4 Å². The van der Waals surface area contributed by atoms with Gasteiger partial charge in [-0.1, -0.05) is 18.2 Å². The molecule has 2 unspecified atom stereocenters. The zero-order valence-corrected chi connectivity index (χ0v) is 10.6. The van der Waals surface area contributed by atoms with Gasteiger partial charge in [0.15, 0.2) is 0 Å². The fraction of sp³-hybridized carbons (Fsp3) is 0.571. The lowest BCUT2D eigenvalue weighted by atomic mass is 10.0. The number of benzene rings is 1. The van der Waals surface area contributed by atoms with Crippen LogP contribution in [0.2, 0.25) is 0 Å². The molecule has 3 heteroatoms. The van der Waals surface area contributed by atoms with Crippen LogP contribution < -0.4 is 5.32 Å². The molecule has 1 aliphatic heterocycles. The molecule has 0 radical (unpaired) electrons. The number of nitrogens with one attached hydrogen (secondary N) is 1. The van der Waals surface area contributed by atoms with E-state index in [1.807, 2.05) is 12.1 Å². The summed E-state index contributed by atoms with van der Waals surface area (Å²) >= 11 is 0. The highest BCUT2D eigenvalue weighted by Crippen LogP contribution is 2.23. The third-order valence-electron chi connectivity index (χ3n) is 3.73. The molecule has 17 heavy (non-hydrogen) atoms. The minimum Gasteiger partial charge on any atom is -0.316 e. The van der Waals surface area contributed by atoms with Gasteiger partial charge in [0.2, 0.25) is 0 Å². The second kappa shape index (κ2) is 5.61. The Kier molecular flexibility index (Phi) is 4.13. The molecule has 0 saturated carbocycles. The summed E-state index contributed by atoms with van der Waals surface area (Å²) < 4.78 is 13.7. The molecule has 94 valence electrons. The molecule has 2 rings (SSSR count). The van der Waals surface area contributed by atoms with Gasteiger partial charge in [0, 0.05) is 18.2 Å². The highest BCUT2D eigenvalue weighted by molar-refractivity contribution is 5.20. The van der Waals surface area contributed by atoms with E-state index in [0.717, 1.165) is 25.2 Å². The average Bonchev–Trinajstić information content (AvgIpc) is 2.81. The molecule has 1 fully saturated rings. The fourth-order valence-corrected chi connectivity index (χ4v) is 2.49. The average molecular weight is 236 g/mol. The Balaban J connectivity index is 1.98. The van der Waals surface area contributed by atoms with Crippen LogP contribution in [-0.2, 0) is 0 Å². The van der Waals surface area contributed by atoms with E-state index in [2.05, 4.69) is 24.2 Å². The first-order chi connectivity index (χ1) is 8.18. The Bertz CT molecular complexity index is 361. The van der Waals surface area contributed by atoms with E-state index in [1.165, 1.54) is 12.5 Å². The lowest BCUT2D eigenvalue weighted by Crippen LogP contribution is -2.30. The summed E-state index contributed by atoms with van der Waals surface area (Å²) in [4.78, 5) is 2.25. The van der Waals surface area contributed by atoms with Gasteiger partial charge in [0.1, 0.15) is 5.82 Å². The number of hydrogen-bond acceptors (Lipinski definition) is 2. The largest absolute Gasteiger partial charge is 0.316 e. The summed E-state index contributed by atoms with van der Waals surface area (Å²) in [5, 5.41) is 3.37. The summed E-state index contributed by atoms with van der Waals surface area (Å²) in [6.45, 7) is 5.31. The third-order valence-corrected chi connectivity index (χ3v) is 3.73. The first kappa shape index (κ1) is 12.5. The first-order valence-corrected chi connectivity index (χ1v) is 6.34. The summed E-state index contributed by atoms with van der Waals surface area (Å²) in [5.41, 5.74) is 0.793. The van der Waals surface area contributed by atoms with Gasteiger partial charge in [-0.05, 0) is 45.5 Å². The van der Waals surface area contributed by atoms with E-state index in [-0.39, 0.29) is 11.9 Å². The lowest BCUT2D eigenvalue weighted by Gasteiger charge is -2.27. The van der Waals surface area contributed by atoms with E-state index >= 15 is 0 Å². The van der Waals surface area contributed by atoms with Crippen LogP contribution in [0.15, 0.2) is 24.3 Å². The van der Waals surface area contributed by atoms with Crippen molar-refractivity contribution in [3.63, 3.8) is 0 Å². The van der Waals surface area contributed by atoms with Gasteiger partial charge in [0.25, 0.3) is 0 Å². The van der Waals surface area contributed by atoms with Crippen LogP contribution >= 0.6 is 0 Å². The van der Waals surface area contributed by atoms with Gasteiger partial charge in [-0.25, -0.2) is 4.39 Å². The Morgan fingerprint density at radius 1 is 1.47 bits per heavy atom. The van der Waals surface area contributed by atoms with E-state index in [9.17, 15) is 4.39 Å². The van der Waals surface area contributed by atoms with E-state index < -0.39 is 0 Å². The van der Waals surface area contributed by atoms with Crippen LogP contribution in [-0.4, -0.2) is 31.6 Å². The predicted molar refractivity (Wildman–Crippen MR) is 68.4 cm³/mol. The van der Waals surface area contributed by atoms with Gasteiger partial charge < -0.3 is 5.32 Å². The quantitative estimate of drug-likeness (QED) is 0.863. The van der Waals surface area contributed by atoms with Gasteiger partial charge in [0.05, 0.1) is 0 Å². The summed E-state index contributed by atoms with van der Waals surface area (Å²) in [5.74, 6) is 0.602. The second-order valence-corrected chi connectivity index (χ2v) is 5.00. The fourth-order valence-electron chi connectivity index (χ4n) is 2.49. The Morgan fingerprint density at radius 3 is 2.88 bits per heavy atom. The Hall–Kier alpha value is -0.930. The summed E-state index contributed by atoms with van der Waals surface area (Å²) in [7, 11) is 2.08. The Labute approximate surface area is 103 Å². The Morgan fingerprint density at radius 2 is 2.24 bits per heavy atom. The summed E-state index contributed by atoms with van der Waals surface area (Å²) in [6.07, 6.45) is 1.23. The zero-order chi connectivity index (χ0) is 12.3.